The molecule has 1 aliphatic rings. The summed E-state index contributed by atoms with van der Waals surface area (Å²) in [6, 6.07) is 5.90. The molecular weight excluding hydrogens is 270 g/mol. The number of amides is 1. The van der Waals surface area contributed by atoms with Crippen LogP contribution in [-0.4, -0.2) is 19.1 Å². The van der Waals surface area contributed by atoms with Gasteiger partial charge >= 0.3 is 0 Å². The van der Waals surface area contributed by atoms with Gasteiger partial charge in [-0.05, 0) is 47.0 Å². The maximum Gasteiger partial charge on any atom is 0.229 e. The van der Waals surface area contributed by atoms with Crippen molar-refractivity contribution in [1.29, 1.82) is 0 Å². The molecule has 0 aliphatic carbocycles. The first kappa shape index (κ1) is 11.6. The van der Waals surface area contributed by atoms with E-state index in [1.165, 1.54) is 0 Å². The molecule has 1 N–H and O–H groups in total. The molecule has 0 aromatic heterocycles. The quantitative estimate of drug-likeness (QED) is 0.906. The molecule has 1 saturated heterocycles. The zero-order valence-electron chi connectivity index (χ0n) is 9.13. The topological polar surface area (TPSA) is 38.3 Å². The number of ether oxygens (including phenoxy) is 1. The Morgan fingerprint density at radius 1 is 1.56 bits per heavy atom. The summed E-state index contributed by atoms with van der Waals surface area (Å²) in [5, 5.41) is 2.93. The normalized spacial score (nSPS) is 19.8. The molecule has 1 unspecified atom stereocenters. The van der Waals surface area contributed by atoms with E-state index in [0.29, 0.717) is 13.2 Å². The van der Waals surface area contributed by atoms with Gasteiger partial charge in [0.25, 0.3) is 0 Å². The van der Waals surface area contributed by atoms with Crippen molar-refractivity contribution >= 4 is 27.5 Å². The van der Waals surface area contributed by atoms with Crippen LogP contribution in [0.4, 0.5) is 5.69 Å². The summed E-state index contributed by atoms with van der Waals surface area (Å²) < 4.78 is 6.11. The molecule has 1 atom stereocenters. The fourth-order valence-corrected chi connectivity index (χ4v) is 2.06. The van der Waals surface area contributed by atoms with E-state index in [-0.39, 0.29) is 11.8 Å². The first-order valence-corrected chi connectivity index (χ1v) is 6.11. The Labute approximate surface area is 103 Å². The van der Waals surface area contributed by atoms with Crippen LogP contribution in [0.3, 0.4) is 0 Å². The number of carbonyl (C=O) groups excluding carboxylic acids is 1. The van der Waals surface area contributed by atoms with Crippen LogP contribution in [0.5, 0.6) is 0 Å². The van der Waals surface area contributed by atoms with E-state index in [4.69, 9.17) is 4.74 Å². The third kappa shape index (κ3) is 2.62. The number of hydrogen-bond acceptors (Lipinski definition) is 2. The molecule has 1 heterocycles. The Bertz CT molecular complexity index is 400. The van der Waals surface area contributed by atoms with Crippen LogP contribution in [0.15, 0.2) is 22.7 Å². The highest BCUT2D eigenvalue weighted by Gasteiger charge is 2.23. The van der Waals surface area contributed by atoms with E-state index in [2.05, 4.69) is 21.2 Å². The van der Waals surface area contributed by atoms with Crippen LogP contribution in [-0.2, 0) is 9.53 Å². The van der Waals surface area contributed by atoms with E-state index >= 15 is 0 Å². The highest BCUT2D eigenvalue weighted by Crippen LogP contribution is 2.24. The van der Waals surface area contributed by atoms with Crippen LogP contribution in [0.1, 0.15) is 12.0 Å². The summed E-state index contributed by atoms with van der Waals surface area (Å²) in [5.41, 5.74) is 1.96. The van der Waals surface area contributed by atoms with Gasteiger partial charge < -0.3 is 10.1 Å². The lowest BCUT2D eigenvalue weighted by Crippen LogP contribution is -2.23. The van der Waals surface area contributed by atoms with Gasteiger partial charge in [-0.3, -0.25) is 4.79 Å². The van der Waals surface area contributed by atoms with Gasteiger partial charge in [-0.25, -0.2) is 0 Å². The second-order valence-corrected chi connectivity index (χ2v) is 4.89. The third-order valence-corrected chi connectivity index (χ3v) is 3.37. The monoisotopic (exact) mass is 283 g/mol. The Balaban J connectivity index is 2.07. The lowest BCUT2D eigenvalue weighted by molar-refractivity contribution is -0.119. The minimum absolute atomic E-state index is 0.00703. The molecule has 0 bridgehead atoms. The zero-order valence-corrected chi connectivity index (χ0v) is 10.7. The van der Waals surface area contributed by atoms with Gasteiger partial charge in [-0.1, -0.05) is 6.07 Å². The number of carbonyl (C=O) groups is 1. The fourth-order valence-electron chi connectivity index (χ4n) is 1.71. The van der Waals surface area contributed by atoms with Crippen LogP contribution >= 0.6 is 15.9 Å². The molecule has 0 radical (unpaired) electrons. The molecule has 3 nitrogen and oxygen atoms in total. The molecule has 1 aromatic rings. The number of aryl methyl sites for hydroxylation is 1. The molecule has 1 fully saturated rings. The van der Waals surface area contributed by atoms with Crippen molar-refractivity contribution in [2.24, 2.45) is 5.92 Å². The van der Waals surface area contributed by atoms with Crippen molar-refractivity contribution in [3.8, 4) is 0 Å². The van der Waals surface area contributed by atoms with E-state index in [0.717, 1.165) is 22.1 Å². The third-order valence-electron chi connectivity index (χ3n) is 2.68. The van der Waals surface area contributed by atoms with Crippen LogP contribution in [0, 0.1) is 12.8 Å². The molecule has 2 rings (SSSR count). The van der Waals surface area contributed by atoms with Gasteiger partial charge in [0.1, 0.15) is 0 Å². The van der Waals surface area contributed by atoms with Crippen molar-refractivity contribution in [3.05, 3.63) is 28.2 Å². The summed E-state index contributed by atoms with van der Waals surface area (Å²) in [6.07, 6.45) is 0.815. The Morgan fingerprint density at radius 3 is 3.06 bits per heavy atom. The number of halogens is 1. The van der Waals surface area contributed by atoms with Crippen molar-refractivity contribution in [1.82, 2.24) is 0 Å². The van der Waals surface area contributed by atoms with Gasteiger partial charge in [-0.2, -0.15) is 0 Å². The minimum atomic E-state index is -0.00703. The molecule has 4 heteroatoms. The first-order valence-electron chi connectivity index (χ1n) is 5.31. The molecule has 0 saturated carbocycles. The smallest absolute Gasteiger partial charge is 0.229 e. The van der Waals surface area contributed by atoms with E-state index in [1.807, 2.05) is 25.1 Å². The standard InChI is InChI=1S/C12H14BrNO2/c1-8-2-3-10(13)11(6-8)14-12(15)9-4-5-16-7-9/h2-3,6,9H,4-5,7H2,1H3,(H,14,15). The predicted molar refractivity (Wildman–Crippen MR) is 66.4 cm³/mol. The van der Waals surface area contributed by atoms with E-state index in [9.17, 15) is 4.79 Å². The molecule has 0 spiro atoms. The second-order valence-electron chi connectivity index (χ2n) is 4.03. The summed E-state index contributed by atoms with van der Waals surface area (Å²) in [4.78, 5) is 11.9. The Kier molecular flexibility index (Phi) is 3.61. The number of benzene rings is 1. The highest BCUT2D eigenvalue weighted by atomic mass is 79.9. The maximum absolute atomic E-state index is 11.9. The summed E-state index contributed by atoms with van der Waals surface area (Å²) >= 11 is 3.42. The van der Waals surface area contributed by atoms with Gasteiger partial charge in [0.2, 0.25) is 5.91 Å². The van der Waals surface area contributed by atoms with Crippen LogP contribution in [0.25, 0.3) is 0 Å². The summed E-state index contributed by atoms with van der Waals surface area (Å²) in [7, 11) is 0. The maximum atomic E-state index is 11.9. The molecule has 1 aromatic carbocycles. The van der Waals surface area contributed by atoms with Crippen molar-refractivity contribution < 1.29 is 9.53 Å². The Morgan fingerprint density at radius 2 is 2.38 bits per heavy atom. The number of nitrogens with one attached hydrogen (secondary N) is 1. The van der Waals surface area contributed by atoms with Crippen molar-refractivity contribution in [3.63, 3.8) is 0 Å². The minimum Gasteiger partial charge on any atom is -0.381 e. The molecular formula is C12H14BrNO2. The molecule has 86 valence electrons. The summed E-state index contributed by atoms with van der Waals surface area (Å²) in [6.45, 7) is 3.23. The van der Waals surface area contributed by atoms with Crippen LogP contribution in [0.2, 0.25) is 0 Å². The van der Waals surface area contributed by atoms with Gasteiger partial charge in [0.05, 0.1) is 18.2 Å². The highest BCUT2D eigenvalue weighted by molar-refractivity contribution is 9.10. The summed E-state index contributed by atoms with van der Waals surface area (Å²) in [5.74, 6) is 0.0382. The van der Waals surface area contributed by atoms with Crippen LogP contribution < -0.4 is 5.32 Å². The largest absolute Gasteiger partial charge is 0.381 e. The number of hydrogen-bond donors (Lipinski definition) is 1. The van der Waals surface area contributed by atoms with Gasteiger partial charge in [0, 0.05) is 11.1 Å². The van der Waals surface area contributed by atoms with Gasteiger partial charge in [-0.15, -0.1) is 0 Å². The van der Waals surface area contributed by atoms with E-state index in [1.54, 1.807) is 0 Å². The SMILES string of the molecule is Cc1ccc(Br)c(NC(=O)C2CCOC2)c1. The fraction of sp³-hybridized carbons (Fsp3) is 0.417. The average molecular weight is 284 g/mol. The lowest BCUT2D eigenvalue weighted by atomic mass is 10.1. The number of anilines is 1. The van der Waals surface area contributed by atoms with Crippen molar-refractivity contribution in [2.75, 3.05) is 18.5 Å². The van der Waals surface area contributed by atoms with Gasteiger partial charge in [0.15, 0.2) is 0 Å². The van der Waals surface area contributed by atoms with E-state index < -0.39 is 0 Å². The molecule has 16 heavy (non-hydrogen) atoms. The molecule has 1 amide bonds. The van der Waals surface area contributed by atoms with Crippen molar-refractivity contribution in [2.45, 2.75) is 13.3 Å². The predicted octanol–water partition coefficient (Wildman–Crippen LogP) is 2.73. The number of rotatable bonds is 2. The molecule has 1 aliphatic heterocycles. The Hall–Kier alpha value is -0.870. The average Bonchev–Trinajstić information content (AvgIpc) is 2.76. The second kappa shape index (κ2) is 4.97. The zero-order chi connectivity index (χ0) is 11.5. The lowest BCUT2D eigenvalue weighted by Gasteiger charge is -2.11. The first-order chi connectivity index (χ1) is 7.66.